The zero-order valence-corrected chi connectivity index (χ0v) is 47.7. The lowest BCUT2D eigenvalue weighted by molar-refractivity contribution is -0.179. The minimum absolute atomic E-state index is 0.000606. The van der Waals surface area contributed by atoms with E-state index in [1.165, 1.54) is 37.1 Å². The molecule has 18 heteroatoms. The summed E-state index contributed by atoms with van der Waals surface area (Å²) in [7, 11) is 0. The van der Waals surface area contributed by atoms with Crippen LogP contribution in [0.5, 0.6) is 5.75 Å². The largest absolute Gasteiger partial charge is 0.508 e. The highest BCUT2D eigenvalue weighted by Gasteiger charge is 2.51. The predicted octanol–water partition coefficient (Wildman–Crippen LogP) is 5.55. The molecule has 2 fully saturated rings. The lowest BCUT2D eigenvalue weighted by Gasteiger charge is -2.51. The minimum Gasteiger partial charge on any atom is -0.508 e. The molecule has 0 saturated carbocycles. The molecule has 2 unspecified atom stereocenters. The summed E-state index contributed by atoms with van der Waals surface area (Å²) in [6.45, 7) is 18.5. The normalized spacial score (nSPS) is 33.3. The van der Waals surface area contributed by atoms with Crippen LogP contribution in [0, 0.1) is 41.4 Å². The summed E-state index contributed by atoms with van der Waals surface area (Å²) in [5, 5.41) is 65.9. The van der Waals surface area contributed by atoms with Gasteiger partial charge in [0.25, 0.3) is 5.91 Å². The lowest BCUT2D eigenvalue weighted by Crippen LogP contribution is -2.64. The second-order valence-electron chi connectivity index (χ2n) is 23.2. The maximum atomic E-state index is 14.5. The van der Waals surface area contributed by atoms with Gasteiger partial charge in [0.15, 0.2) is 5.72 Å². The lowest BCUT2D eigenvalue weighted by atomic mass is 9.75. The fourth-order valence-electron chi connectivity index (χ4n) is 11.2. The summed E-state index contributed by atoms with van der Waals surface area (Å²) in [5.74, 6) is -5.70. The number of piperidine rings is 1. The number of hydrogen-bond donors (Lipinski definition) is 9. The van der Waals surface area contributed by atoms with Crippen molar-refractivity contribution in [3.63, 3.8) is 0 Å². The van der Waals surface area contributed by atoms with Crippen LogP contribution in [0.25, 0.3) is 0 Å². The van der Waals surface area contributed by atoms with Gasteiger partial charge >= 0.3 is 5.97 Å². The van der Waals surface area contributed by atoms with E-state index in [4.69, 9.17) is 9.47 Å². The van der Waals surface area contributed by atoms with Crippen molar-refractivity contribution >= 4 is 35.4 Å². The molecule has 4 aliphatic heterocycles. The summed E-state index contributed by atoms with van der Waals surface area (Å²) in [6, 6.07) is 2.82. The quantitative estimate of drug-likeness (QED) is 0.0592. The van der Waals surface area contributed by atoms with Crippen LogP contribution in [0.4, 0.5) is 0 Å². The van der Waals surface area contributed by atoms with Gasteiger partial charge in [-0.15, -0.1) is 0 Å². The number of carbonyl (C=O) groups excluding carboxylic acids is 6. The van der Waals surface area contributed by atoms with E-state index in [1.807, 2.05) is 45.9 Å². The van der Waals surface area contributed by atoms with Gasteiger partial charge in [-0.1, -0.05) is 97.1 Å². The van der Waals surface area contributed by atoms with Gasteiger partial charge in [0.1, 0.15) is 35.8 Å². The van der Waals surface area contributed by atoms with Gasteiger partial charge in [0, 0.05) is 62.3 Å². The highest BCUT2D eigenvalue weighted by atomic mass is 16.5. The Bertz CT molecular complexity index is 2350. The number of nitrogens with one attached hydrogen (secondary N) is 4. The van der Waals surface area contributed by atoms with Crippen LogP contribution in [0.3, 0.4) is 0 Å². The molecule has 5 rings (SSSR count). The van der Waals surface area contributed by atoms with Crippen LogP contribution in [0.1, 0.15) is 145 Å². The number of carbonyl (C=O) groups is 6. The monoisotopic (exact) mass is 1090 g/mol. The van der Waals surface area contributed by atoms with Crippen LogP contribution >= 0.6 is 0 Å². The Morgan fingerprint density at radius 3 is 2.40 bits per heavy atom. The number of phenols is 1. The molecule has 4 heterocycles. The SMILES string of the molecule is CC[C@H]1C[C@H](C)[C@@]2(NC1=O)O[C@@H](C[C@H](O)[C@@H](C)CCC=CC=C(C)[C@@H]1CC=CC(O)C[C@H](O)[C@H](C)[C@@H](O)[C@@H](CCC(C)=O)C(=O)N[C@@H](C(C)C)C(=O)N[C@@H](Cc3cccc(O)c3)C(=O)N3CCCC(N3)C(=O)O1)[C@H](C)C=C2C. The molecule has 1 aromatic rings. The Kier molecular flexibility index (Phi) is 23.9. The van der Waals surface area contributed by atoms with Crippen LogP contribution in [-0.4, -0.2) is 133 Å². The number of Topliss-reactive ketones (excluding diaryl/α,β-unsaturated/α-hetero) is 1. The number of esters is 1. The number of phenolic OH excluding ortho intramolecular Hbond substituents is 1. The van der Waals surface area contributed by atoms with Gasteiger partial charge in [-0.2, -0.15) is 0 Å². The molecule has 4 aliphatic rings. The number of nitrogens with zero attached hydrogens (tertiary/aromatic N) is 1. The summed E-state index contributed by atoms with van der Waals surface area (Å²) >= 11 is 0. The molecule has 18 nitrogen and oxygen atoms in total. The number of hydrazine groups is 1. The molecule has 0 radical (unpaired) electrons. The predicted molar refractivity (Wildman–Crippen MR) is 295 cm³/mol. The Balaban J connectivity index is 1.35. The molecule has 2 bridgehead atoms. The topological polar surface area (TPSA) is 273 Å². The molecule has 1 spiro atoms. The van der Waals surface area contributed by atoms with E-state index < -0.39 is 95.8 Å². The molecular formula is C60H91N5O13. The highest BCUT2D eigenvalue weighted by molar-refractivity contribution is 5.93. The average molecular weight is 1090 g/mol. The molecule has 4 amide bonds. The number of aromatic hydroxyl groups is 1. The number of ketones is 1. The number of allylic oxidation sites excluding steroid dienone is 3. The number of ether oxygens (including phenoxy) is 2. The third kappa shape index (κ3) is 17.1. The van der Waals surface area contributed by atoms with E-state index in [0.29, 0.717) is 43.2 Å². The van der Waals surface area contributed by atoms with E-state index in [9.17, 15) is 54.3 Å². The number of aliphatic hydroxyl groups excluding tert-OH is 4. The second-order valence-corrected chi connectivity index (χ2v) is 23.2. The molecule has 0 aliphatic carbocycles. The molecule has 16 atom stereocenters. The first-order valence-electron chi connectivity index (χ1n) is 28.4. The van der Waals surface area contributed by atoms with E-state index in [0.717, 1.165) is 18.4 Å². The van der Waals surface area contributed by atoms with Gasteiger partial charge in [0.05, 0.1) is 36.4 Å². The van der Waals surface area contributed by atoms with Crippen molar-refractivity contribution in [1.82, 2.24) is 26.4 Å². The molecule has 9 N–H and O–H groups in total. The van der Waals surface area contributed by atoms with Gasteiger partial charge in [0.2, 0.25) is 17.7 Å². The Morgan fingerprint density at radius 1 is 0.987 bits per heavy atom. The molecule has 0 aromatic heterocycles. The zero-order valence-electron chi connectivity index (χ0n) is 47.7. The van der Waals surface area contributed by atoms with Crippen molar-refractivity contribution in [3.05, 3.63) is 77.4 Å². The maximum absolute atomic E-state index is 14.5. The number of aliphatic hydroxyl groups is 4. The third-order valence-electron chi connectivity index (χ3n) is 16.5. The van der Waals surface area contributed by atoms with Gasteiger partial charge in [-0.05, 0) is 106 Å². The first-order chi connectivity index (χ1) is 36.8. The summed E-state index contributed by atoms with van der Waals surface area (Å²) in [6.07, 6.45) is 8.73. The van der Waals surface area contributed by atoms with Crippen LogP contribution in [0.15, 0.2) is 71.9 Å². The van der Waals surface area contributed by atoms with E-state index >= 15 is 0 Å². The van der Waals surface area contributed by atoms with Crippen molar-refractivity contribution in [2.24, 2.45) is 41.4 Å². The maximum Gasteiger partial charge on any atom is 0.325 e. The molecule has 1 aromatic carbocycles. The summed E-state index contributed by atoms with van der Waals surface area (Å²) in [5.41, 5.74) is 4.33. The standard InChI is InChI=1S/C60H91N5O13/c1-11-43-29-39(8)60(63-55(43)72)38(7)28-37(6)52(78-60)33-49(69)35(4)18-13-12-14-19-36(5)51-24-16-22-45(68)32-50(70)41(10)54(71)46(26-25-40(9)66)56(73)62-53(34(2)3)57(74)61-48(31-42-20-15-21-44(67)30-42)58(75)65-27-17-23-47(64-65)59(76)77-51/h12,14-16,19-22,28,30,34-35,37,39,41,43,45-54,64,67-71H,11,13,17-18,23-27,29,31-33H2,1-10H3,(H,61,74)(H,62,73)(H,63,72)/t35-,37+,39-,41-,43-,45?,46+,47?,48-,49-,50-,51-,52-,53-,54+,60-/m0/s1. The summed E-state index contributed by atoms with van der Waals surface area (Å²) < 4.78 is 12.9. The number of cyclic esters (lactones) is 1. The number of amides is 4. The second kappa shape index (κ2) is 29.3. The molecular weight excluding hydrogens is 999 g/mol. The van der Waals surface area contributed by atoms with Crippen LogP contribution < -0.4 is 21.4 Å². The van der Waals surface area contributed by atoms with E-state index in [-0.39, 0.29) is 85.9 Å². The van der Waals surface area contributed by atoms with Crippen LogP contribution in [-0.2, 0) is 44.7 Å². The molecule has 2 saturated heterocycles. The Labute approximate surface area is 461 Å². The van der Waals surface area contributed by atoms with Crippen molar-refractivity contribution in [1.29, 1.82) is 0 Å². The number of fused-ring (bicyclic) bond motifs is 2. The zero-order chi connectivity index (χ0) is 57.6. The van der Waals surface area contributed by atoms with Crippen molar-refractivity contribution in [2.75, 3.05) is 6.54 Å². The average Bonchev–Trinajstić information content (AvgIpc) is 3.46. The smallest absolute Gasteiger partial charge is 0.325 e. The first kappa shape index (κ1) is 63.6. The number of hydrogen-bond acceptors (Lipinski definition) is 14. The van der Waals surface area contributed by atoms with E-state index in [1.54, 1.807) is 32.1 Å². The highest BCUT2D eigenvalue weighted by Crippen LogP contribution is 2.43. The Hall–Kier alpha value is -5.24. The van der Waals surface area contributed by atoms with Gasteiger partial charge < -0.3 is 55.8 Å². The van der Waals surface area contributed by atoms with Crippen molar-refractivity contribution < 1.29 is 63.8 Å². The van der Waals surface area contributed by atoms with Crippen LogP contribution in [0.2, 0.25) is 0 Å². The third-order valence-corrected chi connectivity index (χ3v) is 16.5. The van der Waals surface area contributed by atoms with Crippen molar-refractivity contribution in [2.45, 2.75) is 207 Å². The number of benzene rings is 1. The first-order valence-corrected chi connectivity index (χ1v) is 28.4. The Morgan fingerprint density at radius 2 is 1.72 bits per heavy atom. The minimum atomic E-state index is -1.50. The van der Waals surface area contributed by atoms with Crippen molar-refractivity contribution in [3.8, 4) is 5.75 Å². The van der Waals surface area contributed by atoms with Gasteiger partial charge in [-0.25, -0.2) is 5.43 Å². The fourth-order valence-corrected chi connectivity index (χ4v) is 11.2. The summed E-state index contributed by atoms with van der Waals surface area (Å²) in [4.78, 5) is 82.2. The van der Waals surface area contributed by atoms with Gasteiger partial charge in [-0.3, -0.25) is 29.0 Å². The fraction of sp³-hybridized carbons (Fsp3) is 0.667. The van der Waals surface area contributed by atoms with E-state index in [2.05, 4.69) is 41.3 Å². The molecule has 78 heavy (non-hydrogen) atoms. The number of rotatable bonds is 15. The molecule has 434 valence electrons.